The molecule has 6 nitrogen and oxygen atoms in total. The Bertz CT molecular complexity index is 695. The number of para-hydroxylation sites is 1. The van der Waals surface area contributed by atoms with Crippen molar-refractivity contribution in [3.8, 4) is 5.69 Å². The quantitative estimate of drug-likeness (QED) is 0.840. The highest BCUT2D eigenvalue weighted by Gasteiger charge is 2.26. The molecule has 1 aliphatic rings. The maximum Gasteiger partial charge on any atom is 0.293 e. The number of benzene rings is 1. The van der Waals surface area contributed by atoms with Crippen molar-refractivity contribution in [2.75, 3.05) is 26.7 Å². The Balaban J connectivity index is 0.00000243. The van der Waals surface area contributed by atoms with Crippen LogP contribution in [-0.4, -0.2) is 52.3 Å². The lowest BCUT2D eigenvalue weighted by Crippen LogP contribution is -2.39. The summed E-state index contributed by atoms with van der Waals surface area (Å²) in [5.41, 5.74) is 0.941. The van der Waals surface area contributed by atoms with Gasteiger partial charge in [-0.05, 0) is 50.9 Å². The molecule has 1 N–H and O–H groups in total. The normalized spacial score (nSPS) is 14.9. The van der Waals surface area contributed by atoms with Crippen molar-refractivity contribution in [2.24, 2.45) is 5.92 Å². The Morgan fingerprint density at radius 1 is 1.23 bits per heavy atom. The minimum atomic E-state index is -0.0450. The van der Waals surface area contributed by atoms with Crippen LogP contribution in [0.15, 0.2) is 30.3 Å². The van der Waals surface area contributed by atoms with Crippen LogP contribution in [0.5, 0.6) is 0 Å². The molecule has 3 rings (SSSR count). The first kappa shape index (κ1) is 20.4. The molecular formula is C19H28ClN5O. The Kier molecular flexibility index (Phi) is 7.60. The highest BCUT2D eigenvalue weighted by Crippen LogP contribution is 2.21. The molecule has 142 valence electrons. The van der Waals surface area contributed by atoms with Gasteiger partial charge in [0.25, 0.3) is 5.91 Å². The number of aryl methyl sites for hydroxylation is 1. The van der Waals surface area contributed by atoms with Gasteiger partial charge in [-0.3, -0.25) is 4.79 Å². The van der Waals surface area contributed by atoms with Gasteiger partial charge >= 0.3 is 0 Å². The lowest BCUT2D eigenvalue weighted by molar-refractivity contribution is 0.0675. The molecular weight excluding hydrogens is 350 g/mol. The van der Waals surface area contributed by atoms with Gasteiger partial charge in [-0.15, -0.1) is 17.5 Å². The summed E-state index contributed by atoms with van der Waals surface area (Å²) in [6, 6.07) is 9.86. The Morgan fingerprint density at radius 2 is 1.92 bits per heavy atom. The molecule has 1 aromatic heterocycles. The summed E-state index contributed by atoms with van der Waals surface area (Å²) in [5, 5.41) is 7.70. The topological polar surface area (TPSA) is 63.1 Å². The lowest BCUT2D eigenvalue weighted by Gasteiger charge is -2.31. The fraction of sp³-hybridized carbons (Fsp3) is 0.526. The molecule has 0 spiro atoms. The second kappa shape index (κ2) is 9.69. The van der Waals surface area contributed by atoms with E-state index in [9.17, 15) is 4.79 Å². The van der Waals surface area contributed by atoms with E-state index in [0.29, 0.717) is 11.7 Å². The first-order chi connectivity index (χ1) is 12.2. The third kappa shape index (κ3) is 4.62. The predicted molar refractivity (Wildman–Crippen MR) is 105 cm³/mol. The average Bonchev–Trinajstić information content (AvgIpc) is 3.11. The van der Waals surface area contributed by atoms with Crippen molar-refractivity contribution < 1.29 is 4.79 Å². The largest absolute Gasteiger partial charge is 0.336 e. The van der Waals surface area contributed by atoms with Gasteiger partial charge in [0.05, 0.1) is 5.69 Å². The number of nitrogens with zero attached hydrogens (tertiary/aromatic N) is 4. The zero-order valence-corrected chi connectivity index (χ0v) is 16.3. The molecule has 1 amide bonds. The van der Waals surface area contributed by atoms with Crippen LogP contribution in [0.4, 0.5) is 0 Å². The maximum atomic E-state index is 12.8. The number of halogens is 1. The summed E-state index contributed by atoms with van der Waals surface area (Å²) >= 11 is 0. The summed E-state index contributed by atoms with van der Waals surface area (Å²) in [7, 11) is 1.98. The minimum absolute atomic E-state index is 0. The average molecular weight is 378 g/mol. The van der Waals surface area contributed by atoms with Crippen LogP contribution in [0.3, 0.4) is 0 Å². The molecule has 2 aromatic rings. The summed E-state index contributed by atoms with van der Waals surface area (Å²) < 4.78 is 1.78. The highest BCUT2D eigenvalue weighted by molar-refractivity contribution is 5.90. The number of hydrogen-bond acceptors (Lipinski definition) is 4. The molecule has 2 heterocycles. The van der Waals surface area contributed by atoms with Crippen LogP contribution in [0.2, 0.25) is 0 Å². The van der Waals surface area contributed by atoms with Crippen LogP contribution in [0, 0.1) is 5.92 Å². The second-order valence-electron chi connectivity index (χ2n) is 6.58. The molecule has 1 fully saturated rings. The fourth-order valence-electron chi connectivity index (χ4n) is 3.35. The summed E-state index contributed by atoms with van der Waals surface area (Å²) in [6.07, 6.45) is 4.04. The standard InChI is InChI=1S/C19H27N5O.ClH/c1-3-17-21-18(22-24(17)16-7-5-4-6-8-16)19(25)23-13-10-15(11-14-23)9-12-20-2;/h4-8,15,20H,3,9-14H2,1-2H3;1H. The molecule has 0 saturated carbocycles. The summed E-state index contributed by atoms with van der Waals surface area (Å²) in [4.78, 5) is 19.2. The van der Waals surface area contributed by atoms with Gasteiger partial charge in [-0.25, -0.2) is 9.67 Å². The molecule has 1 aliphatic heterocycles. The number of carbonyl (C=O) groups is 1. The van der Waals surface area contributed by atoms with Gasteiger partial charge in [0, 0.05) is 19.5 Å². The van der Waals surface area contributed by atoms with Crippen molar-refractivity contribution in [1.82, 2.24) is 25.0 Å². The van der Waals surface area contributed by atoms with Crippen LogP contribution in [0.1, 0.15) is 42.6 Å². The van der Waals surface area contributed by atoms with Crippen molar-refractivity contribution in [3.63, 3.8) is 0 Å². The highest BCUT2D eigenvalue weighted by atomic mass is 35.5. The van der Waals surface area contributed by atoms with E-state index < -0.39 is 0 Å². The smallest absolute Gasteiger partial charge is 0.293 e. The zero-order valence-electron chi connectivity index (χ0n) is 15.5. The maximum absolute atomic E-state index is 12.8. The van der Waals surface area contributed by atoms with Crippen LogP contribution >= 0.6 is 12.4 Å². The van der Waals surface area contributed by atoms with Gasteiger partial charge in [-0.1, -0.05) is 25.1 Å². The molecule has 0 aliphatic carbocycles. The molecule has 0 unspecified atom stereocenters. The Labute approximate surface area is 161 Å². The lowest BCUT2D eigenvalue weighted by atomic mass is 9.93. The number of likely N-dealkylation sites (tertiary alicyclic amines) is 1. The van der Waals surface area contributed by atoms with Gasteiger partial charge < -0.3 is 10.2 Å². The van der Waals surface area contributed by atoms with E-state index in [1.54, 1.807) is 4.68 Å². The Morgan fingerprint density at radius 3 is 2.54 bits per heavy atom. The first-order valence-electron chi connectivity index (χ1n) is 9.18. The van der Waals surface area contributed by atoms with Gasteiger partial charge in [-0.2, -0.15) is 0 Å². The van der Waals surface area contributed by atoms with Crippen LogP contribution in [-0.2, 0) is 6.42 Å². The fourth-order valence-corrected chi connectivity index (χ4v) is 3.35. The molecule has 0 radical (unpaired) electrons. The van der Waals surface area contributed by atoms with E-state index >= 15 is 0 Å². The molecule has 0 atom stereocenters. The molecule has 1 aromatic carbocycles. The number of rotatable bonds is 6. The zero-order chi connectivity index (χ0) is 17.6. The monoisotopic (exact) mass is 377 g/mol. The first-order valence-corrected chi connectivity index (χ1v) is 9.18. The van der Waals surface area contributed by atoms with E-state index in [1.807, 2.05) is 49.2 Å². The number of amides is 1. The van der Waals surface area contributed by atoms with E-state index in [2.05, 4.69) is 15.4 Å². The Hall–Kier alpha value is -1.92. The molecule has 0 bridgehead atoms. The predicted octanol–water partition coefficient (Wildman–Crippen LogP) is 2.71. The van der Waals surface area contributed by atoms with Gasteiger partial charge in [0.1, 0.15) is 5.82 Å². The minimum Gasteiger partial charge on any atom is -0.336 e. The number of aromatic nitrogens is 3. The van der Waals surface area contributed by atoms with Crippen molar-refractivity contribution >= 4 is 18.3 Å². The second-order valence-corrected chi connectivity index (χ2v) is 6.58. The van der Waals surface area contributed by atoms with Crippen molar-refractivity contribution in [2.45, 2.75) is 32.6 Å². The number of piperidine rings is 1. The van der Waals surface area contributed by atoms with Crippen molar-refractivity contribution in [3.05, 3.63) is 42.0 Å². The van der Waals surface area contributed by atoms with Crippen molar-refractivity contribution in [1.29, 1.82) is 0 Å². The molecule has 26 heavy (non-hydrogen) atoms. The summed E-state index contributed by atoms with van der Waals surface area (Å²) in [5.74, 6) is 1.79. The van der Waals surface area contributed by atoms with E-state index in [1.165, 1.54) is 6.42 Å². The third-order valence-corrected chi connectivity index (χ3v) is 4.89. The number of nitrogens with one attached hydrogen (secondary N) is 1. The summed E-state index contributed by atoms with van der Waals surface area (Å²) in [6.45, 7) is 4.68. The van der Waals surface area contributed by atoms with Gasteiger partial charge in [0.2, 0.25) is 5.82 Å². The van der Waals surface area contributed by atoms with Crippen LogP contribution < -0.4 is 5.32 Å². The van der Waals surface area contributed by atoms with Gasteiger partial charge in [0.15, 0.2) is 0 Å². The molecule has 1 saturated heterocycles. The molecule has 7 heteroatoms. The van der Waals surface area contributed by atoms with E-state index in [0.717, 1.165) is 50.4 Å². The SMILES string of the molecule is CCc1nc(C(=O)N2CCC(CCNC)CC2)nn1-c1ccccc1.Cl. The van der Waals surface area contributed by atoms with E-state index in [4.69, 9.17) is 0 Å². The number of hydrogen-bond donors (Lipinski definition) is 1. The number of carbonyl (C=O) groups excluding carboxylic acids is 1. The third-order valence-electron chi connectivity index (χ3n) is 4.89. The van der Waals surface area contributed by atoms with E-state index in [-0.39, 0.29) is 18.3 Å². The van der Waals surface area contributed by atoms with Crippen LogP contribution in [0.25, 0.3) is 5.69 Å².